The second-order valence-corrected chi connectivity index (χ2v) is 4.35. The van der Waals surface area contributed by atoms with E-state index in [1.807, 2.05) is 16.4 Å². The Morgan fingerprint density at radius 1 is 1.44 bits per heavy atom. The summed E-state index contributed by atoms with van der Waals surface area (Å²) in [6.45, 7) is 4.81. The average molecular weight is 236 g/mol. The first-order valence-corrected chi connectivity index (χ1v) is 6.43. The minimum absolute atomic E-state index is 0.820. The third kappa shape index (κ3) is 2.90. The van der Waals surface area contributed by atoms with Crippen LogP contribution in [-0.4, -0.2) is 14.8 Å². The minimum Gasteiger partial charge on any atom is -0.305 e. The zero-order valence-corrected chi connectivity index (χ0v) is 10.2. The number of rotatable bonds is 6. The highest BCUT2D eigenvalue weighted by molar-refractivity contribution is 7.07. The van der Waals surface area contributed by atoms with Crippen LogP contribution in [0.1, 0.15) is 24.7 Å². The van der Waals surface area contributed by atoms with Crippen LogP contribution in [0.3, 0.4) is 0 Å². The Labute approximate surface area is 99.3 Å². The van der Waals surface area contributed by atoms with Crippen molar-refractivity contribution in [3.05, 3.63) is 34.5 Å². The van der Waals surface area contributed by atoms with Crippen molar-refractivity contribution >= 4 is 11.3 Å². The highest BCUT2D eigenvalue weighted by Crippen LogP contribution is 2.02. The van der Waals surface area contributed by atoms with Crippen LogP contribution in [0.15, 0.2) is 23.2 Å². The van der Waals surface area contributed by atoms with Gasteiger partial charge < -0.3 is 5.32 Å². The topological polar surface area (TPSA) is 42.7 Å². The predicted octanol–water partition coefficient (Wildman–Crippen LogP) is 2.04. The largest absolute Gasteiger partial charge is 0.305 e. The fourth-order valence-electron chi connectivity index (χ4n) is 1.57. The fraction of sp³-hybridized carbons (Fsp3) is 0.455. The molecule has 0 saturated carbocycles. The third-order valence-corrected chi connectivity index (χ3v) is 2.97. The van der Waals surface area contributed by atoms with Crippen molar-refractivity contribution in [1.29, 1.82) is 0 Å². The number of aromatic nitrogens is 3. The number of thiazole rings is 1. The normalized spacial score (nSPS) is 10.8. The summed E-state index contributed by atoms with van der Waals surface area (Å²) in [5.41, 5.74) is 4.20. The van der Waals surface area contributed by atoms with Gasteiger partial charge in [0, 0.05) is 31.2 Å². The number of nitrogens with zero attached hydrogens (tertiary/aromatic N) is 3. The maximum Gasteiger partial charge on any atom is 0.0795 e. The van der Waals surface area contributed by atoms with Gasteiger partial charge in [0.25, 0.3) is 0 Å². The van der Waals surface area contributed by atoms with Crippen LogP contribution in [0.4, 0.5) is 0 Å². The molecule has 0 unspecified atom stereocenters. The van der Waals surface area contributed by atoms with Crippen LogP contribution in [0.25, 0.3) is 0 Å². The first-order chi connectivity index (χ1) is 7.90. The molecule has 4 nitrogen and oxygen atoms in total. The number of hydrogen-bond donors (Lipinski definition) is 1. The summed E-state index contributed by atoms with van der Waals surface area (Å²) >= 11 is 1.63. The monoisotopic (exact) mass is 236 g/mol. The zero-order valence-electron chi connectivity index (χ0n) is 9.39. The SMILES string of the molecule is CCCn1nccc1CNCc1cscn1. The summed E-state index contributed by atoms with van der Waals surface area (Å²) in [4.78, 5) is 4.23. The van der Waals surface area contributed by atoms with Crippen molar-refractivity contribution in [2.24, 2.45) is 0 Å². The van der Waals surface area contributed by atoms with Crippen LogP contribution in [0, 0.1) is 0 Å². The van der Waals surface area contributed by atoms with E-state index in [4.69, 9.17) is 0 Å². The van der Waals surface area contributed by atoms with E-state index in [0.717, 1.165) is 31.7 Å². The predicted molar refractivity (Wildman–Crippen MR) is 65.2 cm³/mol. The van der Waals surface area contributed by atoms with Gasteiger partial charge >= 0.3 is 0 Å². The summed E-state index contributed by atoms with van der Waals surface area (Å²) in [6, 6.07) is 2.06. The third-order valence-electron chi connectivity index (χ3n) is 2.34. The second kappa shape index (κ2) is 5.77. The quantitative estimate of drug-likeness (QED) is 0.834. The maximum absolute atomic E-state index is 4.28. The van der Waals surface area contributed by atoms with Crippen LogP contribution < -0.4 is 5.32 Å². The van der Waals surface area contributed by atoms with Crippen molar-refractivity contribution in [3.8, 4) is 0 Å². The Balaban J connectivity index is 1.82. The molecule has 0 saturated heterocycles. The smallest absolute Gasteiger partial charge is 0.0795 e. The van der Waals surface area contributed by atoms with Gasteiger partial charge in [-0.05, 0) is 12.5 Å². The molecule has 0 atom stereocenters. The van der Waals surface area contributed by atoms with Gasteiger partial charge in [-0.2, -0.15) is 5.10 Å². The molecule has 5 heteroatoms. The molecular weight excluding hydrogens is 220 g/mol. The Morgan fingerprint density at radius 3 is 3.12 bits per heavy atom. The molecule has 2 aromatic heterocycles. The van der Waals surface area contributed by atoms with E-state index in [2.05, 4.69) is 33.8 Å². The molecule has 0 fully saturated rings. The molecule has 86 valence electrons. The van der Waals surface area contributed by atoms with Gasteiger partial charge in [-0.3, -0.25) is 4.68 Å². The summed E-state index contributed by atoms with van der Waals surface area (Å²) in [5.74, 6) is 0. The minimum atomic E-state index is 0.820. The number of aryl methyl sites for hydroxylation is 1. The van der Waals surface area contributed by atoms with E-state index in [-0.39, 0.29) is 0 Å². The molecule has 16 heavy (non-hydrogen) atoms. The number of hydrogen-bond acceptors (Lipinski definition) is 4. The average Bonchev–Trinajstić information content (AvgIpc) is 2.91. The Bertz CT molecular complexity index is 407. The second-order valence-electron chi connectivity index (χ2n) is 3.63. The highest BCUT2D eigenvalue weighted by atomic mass is 32.1. The van der Waals surface area contributed by atoms with E-state index >= 15 is 0 Å². The lowest BCUT2D eigenvalue weighted by Crippen LogP contribution is -2.16. The lowest BCUT2D eigenvalue weighted by Gasteiger charge is -2.06. The van der Waals surface area contributed by atoms with Crippen LogP contribution in [-0.2, 0) is 19.6 Å². The first-order valence-electron chi connectivity index (χ1n) is 5.48. The molecule has 0 aliphatic heterocycles. The summed E-state index contributed by atoms with van der Waals surface area (Å²) in [6.07, 6.45) is 2.97. The van der Waals surface area contributed by atoms with Crippen molar-refractivity contribution < 1.29 is 0 Å². The van der Waals surface area contributed by atoms with Crippen LogP contribution in [0.2, 0.25) is 0 Å². The molecule has 2 aromatic rings. The van der Waals surface area contributed by atoms with E-state index < -0.39 is 0 Å². The molecule has 0 aromatic carbocycles. The lowest BCUT2D eigenvalue weighted by atomic mass is 10.4. The molecule has 0 radical (unpaired) electrons. The van der Waals surface area contributed by atoms with Crippen LogP contribution >= 0.6 is 11.3 Å². The molecule has 2 rings (SSSR count). The van der Waals surface area contributed by atoms with Gasteiger partial charge in [-0.25, -0.2) is 4.98 Å². The van der Waals surface area contributed by atoms with Gasteiger partial charge in [0.1, 0.15) is 0 Å². The van der Waals surface area contributed by atoms with Crippen LogP contribution in [0.5, 0.6) is 0 Å². The van der Waals surface area contributed by atoms with E-state index in [9.17, 15) is 0 Å². The summed E-state index contributed by atoms with van der Waals surface area (Å²) in [5, 5.41) is 9.72. The zero-order chi connectivity index (χ0) is 11.2. The molecule has 1 N–H and O–H groups in total. The van der Waals surface area contributed by atoms with Crippen molar-refractivity contribution in [2.45, 2.75) is 33.0 Å². The molecule has 0 aliphatic carbocycles. The highest BCUT2D eigenvalue weighted by Gasteiger charge is 2.01. The molecule has 0 aliphatic rings. The fourth-order valence-corrected chi connectivity index (χ4v) is 2.13. The molecular formula is C11H16N4S. The molecule has 0 bridgehead atoms. The van der Waals surface area contributed by atoms with E-state index in [1.165, 1.54) is 5.69 Å². The van der Waals surface area contributed by atoms with Crippen molar-refractivity contribution in [3.63, 3.8) is 0 Å². The summed E-state index contributed by atoms with van der Waals surface area (Å²) in [7, 11) is 0. The molecule has 2 heterocycles. The van der Waals surface area contributed by atoms with Gasteiger partial charge in [-0.1, -0.05) is 6.92 Å². The standard InChI is InChI=1S/C11H16N4S/c1-2-5-15-11(3-4-14-15)7-12-6-10-8-16-9-13-10/h3-4,8-9,12H,2,5-7H2,1H3. The first kappa shape index (κ1) is 11.3. The van der Waals surface area contributed by atoms with Gasteiger partial charge in [-0.15, -0.1) is 11.3 Å². The van der Waals surface area contributed by atoms with Gasteiger partial charge in [0.05, 0.1) is 16.9 Å². The van der Waals surface area contributed by atoms with E-state index in [1.54, 1.807) is 11.3 Å². The Kier molecular flexibility index (Phi) is 4.07. The van der Waals surface area contributed by atoms with Gasteiger partial charge in [0.15, 0.2) is 0 Å². The lowest BCUT2D eigenvalue weighted by molar-refractivity contribution is 0.548. The number of nitrogens with one attached hydrogen (secondary N) is 1. The Morgan fingerprint density at radius 2 is 2.38 bits per heavy atom. The summed E-state index contributed by atoms with van der Waals surface area (Å²) < 4.78 is 2.05. The van der Waals surface area contributed by atoms with E-state index in [0.29, 0.717) is 0 Å². The van der Waals surface area contributed by atoms with Gasteiger partial charge in [0.2, 0.25) is 0 Å². The molecule has 0 amide bonds. The maximum atomic E-state index is 4.28. The van der Waals surface area contributed by atoms with Crippen molar-refractivity contribution in [1.82, 2.24) is 20.1 Å². The molecule has 0 spiro atoms. The van der Waals surface area contributed by atoms with Crippen molar-refractivity contribution in [2.75, 3.05) is 0 Å². The Hall–Kier alpha value is -1.20.